The molecule has 5 nitrogen and oxygen atoms in total. The van der Waals surface area contributed by atoms with Crippen LogP contribution < -0.4 is 10.1 Å². The van der Waals surface area contributed by atoms with Gasteiger partial charge in [-0.15, -0.1) is 0 Å². The van der Waals surface area contributed by atoms with E-state index in [4.69, 9.17) is 9.84 Å². The Hall–Kier alpha value is -2.04. The highest BCUT2D eigenvalue weighted by atomic mass is 16.5. The lowest BCUT2D eigenvalue weighted by atomic mass is 9.85. The van der Waals surface area contributed by atoms with E-state index in [0.29, 0.717) is 6.42 Å². The SMILES string of the molecule is CCC(C)C(C)(NC(C)=O)C(=O)O.COc1c(C)cccc1C. The first-order valence-corrected chi connectivity index (χ1v) is 7.72. The summed E-state index contributed by atoms with van der Waals surface area (Å²) in [6.07, 6.45) is 0.711. The van der Waals surface area contributed by atoms with Crippen LogP contribution in [0.1, 0.15) is 45.2 Å². The average molecular weight is 323 g/mol. The molecule has 2 unspecified atom stereocenters. The average Bonchev–Trinajstić information content (AvgIpc) is 2.46. The zero-order valence-electron chi connectivity index (χ0n) is 15.2. The summed E-state index contributed by atoms with van der Waals surface area (Å²) in [6.45, 7) is 10.7. The van der Waals surface area contributed by atoms with Crippen molar-refractivity contribution in [2.45, 2.75) is 53.5 Å². The highest BCUT2D eigenvalue weighted by Crippen LogP contribution is 2.21. The molecule has 0 spiro atoms. The van der Waals surface area contributed by atoms with Crippen LogP contribution in [0.3, 0.4) is 0 Å². The highest BCUT2D eigenvalue weighted by Gasteiger charge is 2.38. The number of benzene rings is 1. The van der Waals surface area contributed by atoms with Crippen molar-refractivity contribution in [1.29, 1.82) is 0 Å². The monoisotopic (exact) mass is 323 g/mol. The smallest absolute Gasteiger partial charge is 0.329 e. The fourth-order valence-electron chi connectivity index (χ4n) is 2.28. The summed E-state index contributed by atoms with van der Waals surface area (Å²) in [5, 5.41) is 11.4. The van der Waals surface area contributed by atoms with Crippen LogP contribution >= 0.6 is 0 Å². The maximum atomic E-state index is 10.9. The molecule has 0 heterocycles. The van der Waals surface area contributed by atoms with Crippen molar-refractivity contribution in [3.63, 3.8) is 0 Å². The maximum Gasteiger partial charge on any atom is 0.329 e. The number of rotatable bonds is 5. The quantitative estimate of drug-likeness (QED) is 0.871. The van der Waals surface area contributed by atoms with Gasteiger partial charge in [0.1, 0.15) is 11.3 Å². The van der Waals surface area contributed by atoms with Gasteiger partial charge in [0, 0.05) is 6.92 Å². The number of aryl methyl sites for hydroxylation is 2. The van der Waals surface area contributed by atoms with E-state index < -0.39 is 11.5 Å². The second kappa shape index (κ2) is 9.18. The molecule has 1 aromatic carbocycles. The molecule has 0 aliphatic rings. The van der Waals surface area contributed by atoms with Gasteiger partial charge in [0.05, 0.1) is 7.11 Å². The topological polar surface area (TPSA) is 75.6 Å². The number of carboxylic acids is 1. The van der Waals surface area contributed by atoms with E-state index in [-0.39, 0.29) is 11.8 Å². The second-order valence-corrected chi connectivity index (χ2v) is 5.92. The van der Waals surface area contributed by atoms with Crippen LogP contribution in [0, 0.1) is 19.8 Å². The van der Waals surface area contributed by atoms with Crippen LogP contribution in [-0.2, 0) is 9.59 Å². The molecule has 2 N–H and O–H groups in total. The maximum absolute atomic E-state index is 10.9. The molecule has 5 heteroatoms. The fraction of sp³-hybridized carbons (Fsp3) is 0.556. The molecule has 1 rings (SSSR count). The van der Waals surface area contributed by atoms with Crippen LogP contribution in [0.2, 0.25) is 0 Å². The van der Waals surface area contributed by atoms with Crippen molar-refractivity contribution in [2.24, 2.45) is 5.92 Å². The molecule has 130 valence electrons. The molecule has 1 amide bonds. The van der Waals surface area contributed by atoms with Gasteiger partial charge >= 0.3 is 5.97 Å². The Labute approximate surface area is 139 Å². The number of carboxylic acid groups (broad SMARTS) is 1. The lowest BCUT2D eigenvalue weighted by Gasteiger charge is -2.31. The third-order valence-corrected chi connectivity index (χ3v) is 4.09. The lowest BCUT2D eigenvalue weighted by molar-refractivity contribution is -0.149. The number of hydrogen-bond donors (Lipinski definition) is 2. The van der Waals surface area contributed by atoms with Crippen LogP contribution in [0.25, 0.3) is 0 Å². The van der Waals surface area contributed by atoms with Gasteiger partial charge in [-0.1, -0.05) is 38.5 Å². The number of para-hydroxylation sites is 1. The first-order chi connectivity index (χ1) is 10.6. The van der Waals surface area contributed by atoms with E-state index >= 15 is 0 Å². The third kappa shape index (κ3) is 5.93. The summed E-state index contributed by atoms with van der Waals surface area (Å²) in [5.41, 5.74) is 1.24. The Balaban J connectivity index is 0.000000433. The van der Waals surface area contributed by atoms with Crippen molar-refractivity contribution >= 4 is 11.9 Å². The minimum Gasteiger partial charge on any atom is -0.496 e. The minimum absolute atomic E-state index is 0.0890. The molecule has 0 aliphatic carbocycles. The van der Waals surface area contributed by atoms with Gasteiger partial charge < -0.3 is 15.2 Å². The number of amides is 1. The number of ether oxygens (including phenoxy) is 1. The molecule has 0 aromatic heterocycles. The molecule has 0 radical (unpaired) electrons. The molecule has 0 aliphatic heterocycles. The fourth-order valence-corrected chi connectivity index (χ4v) is 2.28. The van der Waals surface area contributed by atoms with E-state index in [1.165, 1.54) is 25.0 Å². The van der Waals surface area contributed by atoms with E-state index in [9.17, 15) is 9.59 Å². The largest absolute Gasteiger partial charge is 0.496 e. The van der Waals surface area contributed by atoms with Crippen LogP contribution in [0.5, 0.6) is 5.75 Å². The predicted octanol–water partition coefficient (Wildman–Crippen LogP) is 3.32. The second-order valence-electron chi connectivity index (χ2n) is 5.92. The Morgan fingerprint density at radius 2 is 1.78 bits per heavy atom. The van der Waals surface area contributed by atoms with E-state index in [1.54, 1.807) is 7.11 Å². The van der Waals surface area contributed by atoms with Gasteiger partial charge in [-0.05, 0) is 37.8 Å². The molecular formula is C18H29NO4. The van der Waals surface area contributed by atoms with Crippen LogP contribution in [0.15, 0.2) is 18.2 Å². The predicted molar refractivity (Wildman–Crippen MR) is 91.8 cm³/mol. The van der Waals surface area contributed by atoms with E-state index in [1.807, 2.05) is 45.9 Å². The standard InChI is InChI=1S/C9H17NO3.C9H12O/c1-5-6(2)9(4,8(12)13)10-7(3)11;1-7-5-4-6-8(2)9(7)10-3/h6H,5H2,1-4H3,(H,10,11)(H,12,13);4-6H,1-3H3. The number of carbonyl (C=O) groups excluding carboxylic acids is 1. The summed E-state index contributed by atoms with van der Waals surface area (Å²) < 4.78 is 5.18. The Bertz CT molecular complexity index is 522. The molecule has 0 bridgehead atoms. The molecule has 0 saturated carbocycles. The number of carbonyl (C=O) groups is 2. The van der Waals surface area contributed by atoms with Gasteiger partial charge in [-0.3, -0.25) is 4.79 Å². The molecule has 1 aromatic rings. The summed E-state index contributed by atoms with van der Waals surface area (Å²) in [6, 6.07) is 6.13. The van der Waals surface area contributed by atoms with Gasteiger partial charge in [-0.2, -0.15) is 0 Å². The molecular weight excluding hydrogens is 294 g/mol. The normalized spacial score (nSPS) is 13.9. The Kier molecular flexibility index (Phi) is 8.36. The third-order valence-electron chi connectivity index (χ3n) is 4.09. The molecule has 2 atom stereocenters. The zero-order chi connectivity index (χ0) is 18.2. The van der Waals surface area contributed by atoms with Crippen molar-refractivity contribution in [3.8, 4) is 5.75 Å². The first kappa shape index (κ1) is 21.0. The Morgan fingerprint density at radius 3 is 2.04 bits per heavy atom. The molecule has 0 fully saturated rings. The summed E-state index contributed by atoms with van der Waals surface area (Å²) in [7, 11) is 1.70. The number of methoxy groups -OCH3 is 1. The lowest BCUT2D eigenvalue weighted by Crippen LogP contribution is -2.55. The summed E-state index contributed by atoms with van der Waals surface area (Å²) in [5.74, 6) is -0.390. The van der Waals surface area contributed by atoms with E-state index in [2.05, 4.69) is 5.32 Å². The minimum atomic E-state index is -1.15. The van der Waals surface area contributed by atoms with E-state index in [0.717, 1.165) is 5.75 Å². The van der Waals surface area contributed by atoms with Crippen LogP contribution in [0.4, 0.5) is 0 Å². The van der Waals surface area contributed by atoms with Gasteiger partial charge in [0.25, 0.3) is 0 Å². The van der Waals surface area contributed by atoms with Gasteiger partial charge in [0.15, 0.2) is 0 Å². The highest BCUT2D eigenvalue weighted by molar-refractivity contribution is 5.85. The number of nitrogens with one attached hydrogen (secondary N) is 1. The Morgan fingerprint density at radius 1 is 1.30 bits per heavy atom. The van der Waals surface area contributed by atoms with Crippen molar-refractivity contribution in [3.05, 3.63) is 29.3 Å². The summed E-state index contributed by atoms with van der Waals surface area (Å²) in [4.78, 5) is 21.8. The number of hydrogen-bond acceptors (Lipinski definition) is 3. The van der Waals surface area contributed by atoms with Gasteiger partial charge in [-0.25, -0.2) is 4.79 Å². The molecule has 23 heavy (non-hydrogen) atoms. The first-order valence-electron chi connectivity index (χ1n) is 7.72. The zero-order valence-corrected chi connectivity index (χ0v) is 15.2. The molecule has 0 saturated heterocycles. The van der Waals surface area contributed by atoms with Crippen molar-refractivity contribution in [1.82, 2.24) is 5.32 Å². The van der Waals surface area contributed by atoms with Gasteiger partial charge in [0.2, 0.25) is 5.91 Å². The van der Waals surface area contributed by atoms with Crippen LogP contribution in [-0.4, -0.2) is 29.6 Å². The van der Waals surface area contributed by atoms with Crippen molar-refractivity contribution in [2.75, 3.05) is 7.11 Å². The summed E-state index contributed by atoms with van der Waals surface area (Å²) >= 11 is 0. The van der Waals surface area contributed by atoms with Crippen molar-refractivity contribution < 1.29 is 19.4 Å². The number of aliphatic carboxylic acids is 1.